The van der Waals surface area contributed by atoms with Gasteiger partial charge < -0.3 is 15.0 Å². The zero-order valence-corrected chi connectivity index (χ0v) is 12.9. The Morgan fingerprint density at radius 2 is 2.16 bits per heavy atom. The molecule has 0 aromatic heterocycles. The standard InChI is InChI=1S/C15H23ClN2O/c1-10(2)14-9-18(11(3)8-17-14)15-7-12(19-4)5-6-13(15)16/h5-7,10-11,14,17H,8-9H2,1-4H3. The number of benzene rings is 1. The molecule has 1 heterocycles. The molecule has 1 aromatic carbocycles. The Bertz CT molecular complexity index is 436. The number of anilines is 1. The Kier molecular flexibility index (Phi) is 4.58. The zero-order chi connectivity index (χ0) is 14.0. The molecule has 0 spiro atoms. The maximum atomic E-state index is 6.36. The molecule has 0 amide bonds. The summed E-state index contributed by atoms with van der Waals surface area (Å²) in [5, 5.41) is 4.39. The van der Waals surface area contributed by atoms with Crippen molar-refractivity contribution < 1.29 is 4.74 Å². The summed E-state index contributed by atoms with van der Waals surface area (Å²) in [6.07, 6.45) is 0. The molecule has 2 atom stereocenters. The summed E-state index contributed by atoms with van der Waals surface area (Å²) in [6, 6.07) is 6.77. The summed E-state index contributed by atoms with van der Waals surface area (Å²) in [6.45, 7) is 8.68. The van der Waals surface area contributed by atoms with Gasteiger partial charge in [0.25, 0.3) is 0 Å². The van der Waals surface area contributed by atoms with Crippen LogP contribution in [-0.4, -0.2) is 32.3 Å². The molecule has 3 nitrogen and oxygen atoms in total. The molecular weight excluding hydrogens is 260 g/mol. The van der Waals surface area contributed by atoms with Crippen LogP contribution in [0.15, 0.2) is 18.2 Å². The number of nitrogens with zero attached hydrogens (tertiary/aromatic N) is 1. The van der Waals surface area contributed by atoms with E-state index in [1.54, 1.807) is 7.11 Å². The van der Waals surface area contributed by atoms with Gasteiger partial charge in [0.05, 0.1) is 17.8 Å². The minimum Gasteiger partial charge on any atom is -0.497 e. The third-order valence-electron chi connectivity index (χ3n) is 3.87. The zero-order valence-electron chi connectivity index (χ0n) is 12.1. The SMILES string of the molecule is COc1ccc(Cl)c(N2CC(C(C)C)NCC2C)c1. The molecule has 19 heavy (non-hydrogen) atoms. The van der Waals surface area contributed by atoms with E-state index >= 15 is 0 Å². The Morgan fingerprint density at radius 3 is 2.79 bits per heavy atom. The van der Waals surface area contributed by atoms with E-state index < -0.39 is 0 Å². The van der Waals surface area contributed by atoms with Crippen LogP contribution in [0.4, 0.5) is 5.69 Å². The largest absolute Gasteiger partial charge is 0.497 e. The predicted molar refractivity (Wildman–Crippen MR) is 81.4 cm³/mol. The second-order valence-electron chi connectivity index (χ2n) is 5.58. The Labute approximate surface area is 120 Å². The van der Waals surface area contributed by atoms with Crippen molar-refractivity contribution in [2.75, 3.05) is 25.1 Å². The molecule has 4 heteroatoms. The van der Waals surface area contributed by atoms with Crippen molar-refractivity contribution in [3.63, 3.8) is 0 Å². The van der Waals surface area contributed by atoms with Crippen LogP contribution in [0.2, 0.25) is 5.02 Å². The normalized spacial score (nSPS) is 23.8. The third-order valence-corrected chi connectivity index (χ3v) is 4.19. The molecule has 2 rings (SSSR count). The number of hydrogen-bond donors (Lipinski definition) is 1. The molecule has 0 radical (unpaired) electrons. The van der Waals surface area contributed by atoms with Crippen LogP contribution in [0.3, 0.4) is 0 Å². The first-order valence-corrected chi connectivity index (χ1v) is 7.24. The van der Waals surface area contributed by atoms with Gasteiger partial charge in [-0.2, -0.15) is 0 Å². The van der Waals surface area contributed by atoms with Crippen LogP contribution in [0.5, 0.6) is 5.75 Å². The Hall–Kier alpha value is -0.930. The van der Waals surface area contributed by atoms with Crippen LogP contribution < -0.4 is 15.0 Å². The summed E-state index contributed by atoms with van der Waals surface area (Å²) in [4.78, 5) is 2.38. The smallest absolute Gasteiger partial charge is 0.121 e. The first-order valence-electron chi connectivity index (χ1n) is 6.86. The second-order valence-corrected chi connectivity index (χ2v) is 5.98. The van der Waals surface area contributed by atoms with Gasteiger partial charge in [-0.3, -0.25) is 0 Å². The molecule has 0 saturated carbocycles. The minimum atomic E-state index is 0.430. The number of piperazine rings is 1. The van der Waals surface area contributed by atoms with Crippen molar-refractivity contribution in [1.82, 2.24) is 5.32 Å². The molecule has 1 aliphatic rings. The molecule has 1 N–H and O–H groups in total. The first-order chi connectivity index (χ1) is 9.02. The lowest BCUT2D eigenvalue weighted by Crippen LogP contribution is -2.57. The molecule has 1 fully saturated rings. The second kappa shape index (κ2) is 6.02. The third kappa shape index (κ3) is 3.15. The van der Waals surface area contributed by atoms with Crippen LogP contribution in [0.1, 0.15) is 20.8 Å². The lowest BCUT2D eigenvalue weighted by Gasteiger charge is -2.42. The number of nitrogens with one attached hydrogen (secondary N) is 1. The van der Waals surface area contributed by atoms with Crippen molar-refractivity contribution in [3.05, 3.63) is 23.2 Å². The summed E-state index contributed by atoms with van der Waals surface area (Å²) in [7, 11) is 1.69. The van der Waals surface area contributed by atoms with Crippen LogP contribution in [0.25, 0.3) is 0 Å². The highest BCUT2D eigenvalue weighted by Crippen LogP contribution is 2.32. The van der Waals surface area contributed by atoms with Gasteiger partial charge in [-0.1, -0.05) is 25.4 Å². The molecule has 0 bridgehead atoms. The van der Waals surface area contributed by atoms with E-state index in [-0.39, 0.29) is 0 Å². The highest BCUT2D eigenvalue weighted by Gasteiger charge is 2.28. The fourth-order valence-corrected chi connectivity index (χ4v) is 2.74. The van der Waals surface area contributed by atoms with Crippen molar-refractivity contribution in [3.8, 4) is 5.75 Å². The number of methoxy groups -OCH3 is 1. The van der Waals surface area contributed by atoms with E-state index in [9.17, 15) is 0 Å². The first kappa shape index (κ1) is 14.5. The molecular formula is C15H23ClN2O. The van der Waals surface area contributed by atoms with E-state index in [4.69, 9.17) is 16.3 Å². The van der Waals surface area contributed by atoms with E-state index in [1.807, 2.05) is 18.2 Å². The lowest BCUT2D eigenvalue weighted by atomic mass is 9.99. The van der Waals surface area contributed by atoms with Gasteiger partial charge in [0.2, 0.25) is 0 Å². The summed E-state index contributed by atoms with van der Waals surface area (Å²) >= 11 is 6.36. The molecule has 2 unspecified atom stereocenters. The van der Waals surface area contributed by atoms with E-state index in [0.29, 0.717) is 18.0 Å². The summed E-state index contributed by atoms with van der Waals surface area (Å²) in [5.41, 5.74) is 1.07. The fraction of sp³-hybridized carbons (Fsp3) is 0.600. The van der Waals surface area contributed by atoms with Crippen LogP contribution >= 0.6 is 11.6 Å². The van der Waals surface area contributed by atoms with Gasteiger partial charge in [0.1, 0.15) is 5.75 Å². The van der Waals surface area contributed by atoms with Gasteiger partial charge in [-0.15, -0.1) is 0 Å². The number of ether oxygens (including phenoxy) is 1. The van der Waals surface area contributed by atoms with Gasteiger partial charge in [0, 0.05) is 31.2 Å². The minimum absolute atomic E-state index is 0.430. The van der Waals surface area contributed by atoms with Gasteiger partial charge in [0.15, 0.2) is 0 Å². The molecule has 0 aliphatic carbocycles. The number of rotatable bonds is 3. The highest BCUT2D eigenvalue weighted by molar-refractivity contribution is 6.33. The molecule has 106 valence electrons. The Balaban J connectivity index is 2.27. The Morgan fingerprint density at radius 1 is 1.42 bits per heavy atom. The van der Waals surface area contributed by atoms with Crippen molar-refractivity contribution in [2.24, 2.45) is 5.92 Å². The van der Waals surface area contributed by atoms with E-state index in [0.717, 1.165) is 29.5 Å². The fourth-order valence-electron chi connectivity index (χ4n) is 2.51. The maximum absolute atomic E-state index is 6.36. The van der Waals surface area contributed by atoms with Gasteiger partial charge >= 0.3 is 0 Å². The highest BCUT2D eigenvalue weighted by atomic mass is 35.5. The predicted octanol–water partition coefficient (Wildman–Crippen LogP) is 3.17. The van der Waals surface area contributed by atoms with Gasteiger partial charge in [-0.25, -0.2) is 0 Å². The average Bonchev–Trinajstić information content (AvgIpc) is 2.40. The molecule has 1 aliphatic heterocycles. The number of halogens is 1. The van der Waals surface area contributed by atoms with Crippen molar-refractivity contribution in [1.29, 1.82) is 0 Å². The topological polar surface area (TPSA) is 24.5 Å². The lowest BCUT2D eigenvalue weighted by molar-refractivity contribution is 0.336. The molecule has 1 saturated heterocycles. The van der Waals surface area contributed by atoms with Crippen LogP contribution in [-0.2, 0) is 0 Å². The van der Waals surface area contributed by atoms with Crippen molar-refractivity contribution in [2.45, 2.75) is 32.9 Å². The number of hydrogen-bond acceptors (Lipinski definition) is 3. The van der Waals surface area contributed by atoms with E-state index in [2.05, 4.69) is 31.0 Å². The van der Waals surface area contributed by atoms with E-state index in [1.165, 1.54) is 0 Å². The van der Waals surface area contributed by atoms with Crippen molar-refractivity contribution >= 4 is 17.3 Å². The summed E-state index contributed by atoms with van der Waals surface area (Å²) < 4.78 is 5.31. The van der Waals surface area contributed by atoms with Crippen LogP contribution in [0, 0.1) is 5.92 Å². The van der Waals surface area contributed by atoms with Gasteiger partial charge in [-0.05, 0) is 25.0 Å². The quantitative estimate of drug-likeness (QED) is 0.922. The summed E-state index contributed by atoms with van der Waals surface area (Å²) in [5.74, 6) is 1.46. The monoisotopic (exact) mass is 282 g/mol. The molecule has 1 aromatic rings. The maximum Gasteiger partial charge on any atom is 0.121 e. The average molecular weight is 283 g/mol.